The van der Waals surface area contributed by atoms with E-state index in [-0.39, 0.29) is 23.1 Å². The van der Waals surface area contributed by atoms with Gasteiger partial charge in [-0.1, -0.05) is 12.1 Å². The second kappa shape index (κ2) is 6.72. The Labute approximate surface area is 144 Å². The molecule has 0 spiro atoms. The van der Waals surface area contributed by atoms with Crippen LogP contribution in [0.4, 0.5) is 17.1 Å². The summed E-state index contributed by atoms with van der Waals surface area (Å²) in [5.41, 5.74) is 1.69. The van der Waals surface area contributed by atoms with Crippen LogP contribution in [0.1, 0.15) is 28.8 Å². The van der Waals surface area contributed by atoms with Gasteiger partial charge in [-0.15, -0.1) is 0 Å². The molecule has 0 aromatic heterocycles. The topological polar surface area (TPSA) is 101 Å². The van der Waals surface area contributed by atoms with Gasteiger partial charge in [0.25, 0.3) is 11.6 Å². The largest absolute Gasteiger partial charge is 0.326 e. The third kappa shape index (κ3) is 4.00. The van der Waals surface area contributed by atoms with Gasteiger partial charge in [0.05, 0.1) is 4.92 Å². The highest BCUT2D eigenvalue weighted by Gasteiger charge is 2.29. The van der Waals surface area contributed by atoms with Crippen molar-refractivity contribution in [1.82, 2.24) is 0 Å². The van der Waals surface area contributed by atoms with E-state index in [0.717, 1.165) is 12.8 Å². The first-order chi connectivity index (χ1) is 11.9. The maximum atomic E-state index is 12.3. The molecular formula is C18H17N3O4. The highest BCUT2D eigenvalue weighted by Crippen LogP contribution is 2.30. The average molecular weight is 339 g/mol. The Morgan fingerprint density at radius 2 is 1.76 bits per heavy atom. The normalized spacial score (nSPS) is 13.2. The molecule has 0 aliphatic heterocycles. The molecule has 2 N–H and O–H groups in total. The Kier molecular flexibility index (Phi) is 4.47. The minimum atomic E-state index is -0.514. The fourth-order valence-corrected chi connectivity index (χ4v) is 2.42. The monoisotopic (exact) mass is 339 g/mol. The van der Waals surface area contributed by atoms with Gasteiger partial charge >= 0.3 is 0 Å². The summed E-state index contributed by atoms with van der Waals surface area (Å²) in [5, 5.41) is 16.5. The first kappa shape index (κ1) is 16.6. The van der Waals surface area contributed by atoms with Gasteiger partial charge in [-0.2, -0.15) is 0 Å². The summed E-state index contributed by atoms with van der Waals surface area (Å²) in [6.07, 6.45) is 1.82. The summed E-state index contributed by atoms with van der Waals surface area (Å²) in [6, 6.07) is 11.1. The quantitative estimate of drug-likeness (QED) is 0.643. The SMILES string of the molecule is Cc1ccc(C(=O)Nc2cccc(NC(=O)C3CC3)c2)cc1[N+](=O)[O-]. The number of hydrogen-bond acceptors (Lipinski definition) is 4. The Balaban J connectivity index is 1.73. The lowest BCUT2D eigenvalue weighted by Gasteiger charge is -2.09. The molecule has 128 valence electrons. The van der Waals surface area contributed by atoms with Crippen molar-refractivity contribution in [2.24, 2.45) is 5.92 Å². The lowest BCUT2D eigenvalue weighted by molar-refractivity contribution is -0.385. The van der Waals surface area contributed by atoms with Crippen LogP contribution in [0.25, 0.3) is 0 Å². The second-order valence-electron chi connectivity index (χ2n) is 6.06. The third-order valence-corrected chi connectivity index (χ3v) is 4.00. The minimum absolute atomic E-state index is 0.0161. The van der Waals surface area contributed by atoms with Gasteiger partial charge in [0.2, 0.25) is 5.91 Å². The standard InChI is InChI=1S/C18H17N3O4/c1-11-5-6-13(9-16(11)21(24)25)18(23)20-15-4-2-3-14(10-15)19-17(22)12-7-8-12/h2-6,9-10,12H,7-8H2,1H3,(H,19,22)(H,20,23). The number of nitrogens with zero attached hydrogens (tertiary/aromatic N) is 1. The van der Waals surface area contributed by atoms with Crippen molar-refractivity contribution in [3.8, 4) is 0 Å². The van der Waals surface area contributed by atoms with E-state index in [0.29, 0.717) is 16.9 Å². The zero-order valence-corrected chi connectivity index (χ0v) is 13.6. The van der Waals surface area contributed by atoms with Crippen molar-refractivity contribution in [2.75, 3.05) is 10.6 Å². The number of carbonyl (C=O) groups excluding carboxylic acids is 2. The summed E-state index contributed by atoms with van der Waals surface area (Å²) in [5.74, 6) is -0.377. The molecule has 1 saturated carbocycles. The lowest BCUT2D eigenvalue weighted by Crippen LogP contribution is -2.15. The molecule has 0 heterocycles. The molecule has 1 aliphatic carbocycles. The summed E-state index contributed by atoms with van der Waals surface area (Å²) in [4.78, 5) is 34.6. The Bertz CT molecular complexity index is 859. The molecule has 1 aliphatic rings. The van der Waals surface area contributed by atoms with E-state index in [4.69, 9.17) is 0 Å². The Hall–Kier alpha value is -3.22. The Morgan fingerprint density at radius 1 is 1.08 bits per heavy atom. The van der Waals surface area contributed by atoms with Gasteiger partial charge in [0, 0.05) is 34.5 Å². The molecule has 25 heavy (non-hydrogen) atoms. The highest BCUT2D eigenvalue weighted by atomic mass is 16.6. The van der Waals surface area contributed by atoms with Crippen molar-refractivity contribution < 1.29 is 14.5 Å². The molecule has 2 aromatic carbocycles. The van der Waals surface area contributed by atoms with E-state index >= 15 is 0 Å². The number of amides is 2. The number of carbonyl (C=O) groups is 2. The minimum Gasteiger partial charge on any atom is -0.326 e. The summed E-state index contributed by atoms with van der Waals surface area (Å²) < 4.78 is 0. The van der Waals surface area contributed by atoms with Crippen LogP contribution in [-0.4, -0.2) is 16.7 Å². The highest BCUT2D eigenvalue weighted by molar-refractivity contribution is 6.05. The lowest BCUT2D eigenvalue weighted by atomic mass is 10.1. The number of hydrogen-bond donors (Lipinski definition) is 2. The Morgan fingerprint density at radius 3 is 2.40 bits per heavy atom. The van der Waals surface area contributed by atoms with Gasteiger partial charge < -0.3 is 10.6 Å². The molecule has 2 amide bonds. The number of benzene rings is 2. The molecule has 0 bridgehead atoms. The van der Waals surface area contributed by atoms with Crippen LogP contribution in [-0.2, 0) is 4.79 Å². The van der Waals surface area contributed by atoms with Gasteiger partial charge in [-0.25, -0.2) is 0 Å². The maximum absolute atomic E-state index is 12.3. The van der Waals surface area contributed by atoms with Crippen molar-refractivity contribution in [3.63, 3.8) is 0 Å². The fourth-order valence-electron chi connectivity index (χ4n) is 2.42. The zero-order chi connectivity index (χ0) is 18.0. The molecule has 0 unspecified atom stereocenters. The van der Waals surface area contributed by atoms with E-state index in [1.54, 1.807) is 37.3 Å². The summed E-state index contributed by atoms with van der Waals surface area (Å²) in [6.45, 7) is 1.62. The van der Waals surface area contributed by atoms with Crippen LogP contribution in [0, 0.1) is 23.0 Å². The average Bonchev–Trinajstić information content (AvgIpc) is 3.40. The van der Waals surface area contributed by atoms with Crippen LogP contribution >= 0.6 is 0 Å². The molecule has 7 heteroatoms. The molecule has 7 nitrogen and oxygen atoms in total. The zero-order valence-electron chi connectivity index (χ0n) is 13.6. The number of nitrogens with one attached hydrogen (secondary N) is 2. The predicted octanol–water partition coefficient (Wildman–Crippen LogP) is 3.50. The number of rotatable bonds is 5. The third-order valence-electron chi connectivity index (χ3n) is 4.00. The molecule has 0 atom stereocenters. The maximum Gasteiger partial charge on any atom is 0.273 e. The van der Waals surface area contributed by atoms with Crippen LogP contribution in [0.3, 0.4) is 0 Å². The van der Waals surface area contributed by atoms with Crippen molar-refractivity contribution in [3.05, 3.63) is 63.7 Å². The first-order valence-corrected chi connectivity index (χ1v) is 7.91. The van der Waals surface area contributed by atoms with Crippen molar-refractivity contribution in [1.29, 1.82) is 0 Å². The van der Waals surface area contributed by atoms with Crippen LogP contribution in [0.15, 0.2) is 42.5 Å². The summed E-state index contributed by atoms with van der Waals surface area (Å²) >= 11 is 0. The van der Waals surface area contributed by atoms with E-state index in [1.165, 1.54) is 12.1 Å². The van der Waals surface area contributed by atoms with Crippen LogP contribution < -0.4 is 10.6 Å². The number of nitro groups is 1. The smallest absolute Gasteiger partial charge is 0.273 e. The molecular weight excluding hydrogens is 322 g/mol. The second-order valence-corrected chi connectivity index (χ2v) is 6.06. The first-order valence-electron chi connectivity index (χ1n) is 7.91. The van der Waals surface area contributed by atoms with E-state index in [1.807, 2.05) is 0 Å². The molecule has 1 fully saturated rings. The van der Waals surface area contributed by atoms with Gasteiger partial charge in [-0.3, -0.25) is 19.7 Å². The van der Waals surface area contributed by atoms with Crippen LogP contribution in [0.2, 0.25) is 0 Å². The van der Waals surface area contributed by atoms with E-state index in [9.17, 15) is 19.7 Å². The van der Waals surface area contributed by atoms with Gasteiger partial charge in [-0.05, 0) is 44.0 Å². The van der Waals surface area contributed by atoms with E-state index < -0.39 is 10.8 Å². The molecule has 0 radical (unpaired) electrons. The van der Waals surface area contributed by atoms with Crippen molar-refractivity contribution >= 4 is 28.9 Å². The number of anilines is 2. The molecule has 2 aromatic rings. The van der Waals surface area contributed by atoms with Gasteiger partial charge in [0.15, 0.2) is 0 Å². The van der Waals surface area contributed by atoms with E-state index in [2.05, 4.69) is 10.6 Å². The molecule has 3 rings (SSSR count). The van der Waals surface area contributed by atoms with Crippen LogP contribution in [0.5, 0.6) is 0 Å². The summed E-state index contributed by atoms with van der Waals surface area (Å²) in [7, 11) is 0. The molecule has 0 saturated heterocycles. The number of nitro benzene ring substituents is 1. The fraction of sp³-hybridized carbons (Fsp3) is 0.222. The number of aryl methyl sites for hydroxylation is 1. The van der Waals surface area contributed by atoms with Gasteiger partial charge in [0.1, 0.15) is 0 Å². The predicted molar refractivity (Wildman–Crippen MR) is 93.6 cm³/mol. The van der Waals surface area contributed by atoms with Crippen molar-refractivity contribution in [2.45, 2.75) is 19.8 Å².